The number of hydrogen-bond acceptors (Lipinski definition) is 7. The number of furan rings is 1. The van der Waals surface area contributed by atoms with Crippen LogP contribution in [0.3, 0.4) is 0 Å². The van der Waals surface area contributed by atoms with Gasteiger partial charge in [0.15, 0.2) is 22.4 Å². The van der Waals surface area contributed by atoms with E-state index < -0.39 is 0 Å². The lowest BCUT2D eigenvalue weighted by atomic mass is 9.95. The van der Waals surface area contributed by atoms with E-state index in [2.05, 4.69) is 20.1 Å². The smallest absolute Gasteiger partial charge is 0.237 e. The summed E-state index contributed by atoms with van der Waals surface area (Å²) in [5.41, 5.74) is 0.678. The van der Waals surface area contributed by atoms with Gasteiger partial charge in [0.05, 0.1) is 11.5 Å². The zero-order valence-electron chi connectivity index (χ0n) is 18.0. The Morgan fingerprint density at radius 3 is 2.72 bits per heavy atom. The predicted molar refractivity (Wildman–Crippen MR) is 121 cm³/mol. The van der Waals surface area contributed by atoms with Gasteiger partial charge in [0.2, 0.25) is 11.7 Å². The molecule has 0 unspecified atom stereocenters. The van der Waals surface area contributed by atoms with E-state index in [1.54, 1.807) is 12.3 Å². The second kappa shape index (κ2) is 9.28. The fourth-order valence-corrected chi connectivity index (χ4v) is 5.10. The summed E-state index contributed by atoms with van der Waals surface area (Å²) in [6.07, 6.45) is 7.43. The number of anilines is 1. The van der Waals surface area contributed by atoms with Crippen LogP contribution in [0.4, 0.5) is 5.69 Å². The first-order chi connectivity index (χ1) is 15.7. The molecule has 1 fully saturated rings. The summed E-state index contributed by atoms with van der Waals surface area (Å²) in [6.45, 7) is 2.92. The third-order valence-corrected chi connectivity index (χ3v) is 6.86. The number of fused-ring (bicyclic) bond motifs is 1. The van der Waals surface area contributed by atoms with Crippen LogP contribution in [0.5, 0.6) is 11.5 Å². The van der Waals surface area contributed by atoms with Crippen LogP contribution in [-0.2, 0) is 4.79 Å². The molecule has 0 bridgehead atoms. The van der Waals surface area contributed by atoms with E-state index in [0.717, 1.165) is 23.8 Å². The normalized spacial score (nSPS) is 17.2. The Morgan fingerprint density at radius 2 is 1.94 bits per heavy atom. The van der Waals surface area contributed by atoms with Crippen LogP contribution in [-0.4, -0.2) is 39.1 Å². The van der Waals surface area contributed by atoms with Crippen LogP contribution in [0, 0.1) is 0 Å². The van der Waals surface area contributed by atoms with E-state index >= 15 is 0 Å². The van der Waals surface area contributed by atoms with Gasteiger partial charge >= 0.3 is 0 Å². The first kappa shape index (κ1) is 20.9. The molecule has 1 saturated carbocycles. The summed E-state index contributed by atoms with van der Waals surface area (Å²) < 4.78 is 18.9. The van der Waals surface area contributed by atoms with E-state index in [4.69, 9.17) is 13.9 Å². The summed E-state index contributed by atoms with van der Waals surface area (Å²) in [5, 5.41) is 12.2. The van der Waals surface area contributed by atoms with Crippen molar-refractivity contribution in [2.45, 2.75) is 55.5 Å². The number of hydrogen-bond donors (Lipinski definition) is 1. The summed E-state index contributed by atoms with van der Waals surface area (Å²) in [6, 6.07) is 9.50. The molecule has 9 heteroatoms. The Labute approximate surface area is 190 Å². The second-order valence-electron chi connectivity index (χ2n) is 8.05. The quantitative estimate of drug-likeness (QED) is 0.528. The number of amides is 1. The number of carbonyl (C=O) groups excluding carboxylic acids is 1. The summed E-state index contributed by atoms with van der Waals surface area (Å²) in [5.74, 6) is 2.66. The van der Waals surface area contributed by atoms with Gasteiger partial charge in [-0.3, -0.25) is 9.36 Å². The van der Waals surface area contributed by atoms with Gasteiger partial charge in [-0.2, -0.15) is 0 Å². The number of ether oxygens (including phenoxy) is 2. The third-order valence-electron chi connectivity index (χ3n) is 5.81. The minimum absolute atomic E-state index is 0.107. The van der Waals surface area contributed by atoms with Crippen LogP contribution in [0.2, 0.25) is 0 Å². The number of aromatic nitrogens is 3. The minimum Gasteiger partial charge on any atom is -0.486 e. The molecule has 3 heterocycles. The van der Waals surface area contributed by atoms with Crippen LogP contribution in [0.15, 0.2) is 46.2 Å². The highest BCUT2D eigenvalue weighted by atomic mass is 32.2. The third kappa shape index (κ3) is 4.34. The lowest BCUT2D eigenvalue weighted by Crippen LogP contribution is -2.24. The molecule has 1 N–H and O–H groups in total. The topological polar surface area (TPSA) is 91.4 Å². The molecule has 0 spiro atoms. The Bertz CT molecular complexity index is 1080. The molecule has 1 aliphatic carbocycles. The highest BCUT2D eigenvalue weighted by molar-refractivity contribution is 8.00. The van der Waals surface area contributed by atoms with Gasteiger partial charge in [-0.05, 0) is 44.0 Å². The van der Waals surface area contributed by atoms with Gasteiger partial charge in [0, 0.05) is 17.8 Å². The molecular weight excluding hydrogens is 428 g/mol. The molecule has 0 radical (unpaired) electrons. The highest BCUT2D eigenvalue weighted by Crippen LogP contribution is 2.37. The fourth-order valence-electron chi connectivity index (χ4n) is 4.18. The largest absolute Gasteiger partial charge is 0.486 e. The maximum absolute atomic E-state index is 12.9. The maximum Gasteiger partial charge on any atom is 0.237 e. The number of rotatable bonds is 6. The van der Waals surface area contributed by atoms with Gasteiger partial charge in [-0.1, -0.05) is 31.0 Å². The number of carbonyl (C=O) groups is 1. The Balaban J connectivity index is 1.33. The second-order valence-corrected chi connectivity index (χ2v) is 9.36. The number of benzene rings is 1. The molecule has 168 valence electrons. The molecule has 2 aromatic heterocycles. The molecule has 3 aromatic rings. The van der Waals surface area contributed by atoms with Crippen LogP contribution >= 0.6 is 11.8 Å². The predicted octanol–water partition coefficient (Wildman–Crippen LogP) is 4.93. The minimum atomic E-state index is -0.362. The molecule has 5 rings (SSSR count). The van der Waals surface area contributed by atoms with E-state index in [-0.39, 0.29) is 11.2 Å². The van der Waals surface area contributed by atoms with Crippen molar-refractivity contribution in [1.82, 2.24) is 14.8 Å². The Morgan fingerprint density at radius 1 is 1.12 bits per heavy atom. The number of thioether (sulfide) groups is 1. The van der Waals surface area contributed by atoms with Gasteiger partial charge < -0.3 is 19.2 Å². The molecule has 1 aromatic carbocycles. The van der Waals surface area contributed by atoms with Crippen molar-refractivity contribution in [2.24, 2.45) is 0 Å². The molecule has 32 heavy (non-hydrogen) atoms. The molecular formula is C23H26N4O4S. The monoisotopic (exact) mass is 454 g/mol. The molecule has 8 nitrogen and oxygen atoms in total. The van der Waals surface area contributed by atoms with Crippen molar-refractivity contribution in [1.29, 1.82) is 0 Å². The first-order valence-corrected chi connectivity index (χ1v) is 11.9. The Kier molecular flexibility index (Phi) is 6.07. The number of nitrogens with one attached hydrogen (secondary N) is 1. The van der Waals surface area contributed by atoms with Gasteiger partial charge in [-0.25, -0.2) is 0 Å². The van der Waals surface area contributed by atoms with E-state index in [1.807, 2.05) is 31.2 Å². The molecule has 1 amide bonds. The fraction of sp³-hybridized carbons (Fsp3) is 0.435. The van der Waals surface area contributed by atoms with Crippen LogP contribution in [0.1, 0.15) is 45.1 Å². The van der Waals surface area contributed by atoms with Crippen LogP contribution < -0.4 is 14.8 Å². The molecule has 1 aliphatic heterocycles. The Hall–Kier alpha value is -2.94. The maximum atomic E-state index is 12.9. The van der Waals surface area contributed by atoms with Crippen LogP contribution in [0.25, 0.3) is 11.6 Å². The lowest BCUT2D eigenvalue weighted by Gasteiger charge is -2.25. The van der Waals surface area contributed by atoms with Gasteiger partial charge in [0.25, 0.3) is 0 Å². The summed E-state index contributed by atoms with van der Waals surface area (Å²) in [7, 11) is 0. The number of nitrogens with zero attached hydrogens (tertiary/aromatic N) is 3. The lowest BCUT2D eigenvalue weighted by molar-refractivity contribution is -0.115. The zero-order chi connectivity index (χ0) is 21.9. The average molecular weight is 455 g/mol. The van der Waals surface area contributed by atoms with E-state index in [0.29, 0.717) is 42.2 Å². The average Bonchev–Trinajstić information content (AvgIpc) is 3.49. The van der Waals surface area contributed by atoms with Crippen molar-refractivity contribution in [3.63, 3.8) is 0 Å². The summed E-state index contributed by atoms with van der Waals surface area (Å²) >= 11 is 1.42. The SMILES string of the molecule is C[C@@H](Sc1nnc(-c2ccco2)n1C1CCCCC1)C(=O)Nc1ccc2c(c1)OCCO2. The van der Waals surface area contributed by atoms with Crippen molar-refractivity contribution >= 4 is 23.4 Å². The summed E-state index contributed by atoms with van der Waals surface area (Å²) in [4.78, 5) is 12.9. The first-order valence-electron chi connectivity index (χ1n) is 11.0. The highest BCUT2D eigenvalue weighted by Gasteiger charge is 2.27. The van der Waals surface area contributed by atoms with E-state index in [1.165, 1.54) is 31.0 Å². The molecule has 0 saturated heterocycles. The standard InChI is InChI=1S/C23H26N4O4S/c1-15(22(28)24-16-9-10-18-20(14-16)31-13-12-30-18)32-23-26-25-21(19-8-5-11-29-19)27(23)17-6-3-2-4-7-17/h5,8-11,14-15,17H,2-4,6-7,12-13H2,1H3,(H,24,28)/t15-/m1/s1. The van der Waals surface area contributed by atoms with Crippen molar-refractivity contribution in [3.05, 3.63) is 36.6 Å². The van der Waals surface area contributed by atoms with E-state index in [9.17, 15) is 4.79 Å². The van der Waals surface area contributed by atoms with Crippen molar-refractivity contribution < 1.29 is 18.7 Å². The van der Waals surface area contributed by atoms with Crippen molar-refractivity contribution in [2.75, 3.05) is 18.5 Å². The molecule has 1 atom stereocenters. The van der Waals surface area contributed by atoms with Gasteiger partial charge in [0.1, 0.15) is 13.2 Å². The van der Waals surface area contributed by atoms with Crippen molar-refractivity contribution in [3.8, 4) is 23.1 Å². The molecule has 2 aliphatic rings. The zero-order valence-corrected chi connectivity index (χ0v) is 18.8. The van der Waals surface area contributed by atoms with Gasteiger partial charge in [-0.15, -0.1) is 10.2 Å².